The summed E-state index contributed by atoms with van der Waals surface area (Å²) >= 11 is 0. The van der Waals surface area contributed by atoms with Gasteiger partial charge in [-0.3, -0.25) is 10.1 Å². The van der Waals surface area contributed by atoms with Crippen LogP contribution in [-0.4, -0.2) is 16.0 Å². The van der Waals surface area contributed by atoms with Crippen LogP contribution in [0, 0.1) is 16.0 Å². The minimum Gasteiger partial charge on any atom is -0.475 e. The Balaban J connectivity index is 2.74. The second-order valence-corrected chi connectivity index (χ2v) is 4.37. The minimum atomic E-state index is -0.566. The van der Waals surface area contributed by atoms with Crippen LogP contribution in [0.2, 0.25) is 0 Å². The maximum atomic E-state index is 10.5. The third-order valence-corrected chi connectivity index (χ3v) is 2.20. The van der Waals surface area contributed by atoms with Crippen molar-refractivity contribution >= 4 is 11.5 Å². The molecule has 6 heteroatoms. The molecule has 0 aliphatic heterocycles. The van der Waals surface area contributed by atoms with Crippen molar-refractivity contribution in [1.82, 2.24) is 4.98 Å². The summed E-state index contributed by atoms with van der Waals surface area (Å²) < 4.78 is 5.53. The van der Waals surface area contributed by atoms with Crippen molar-refractivity contribution in [3.05, 3.63) is 22.2 Å². The summed E-state index contributed by atoms with van der Waals surface area (Å²) in [6.45, 7) is 6.12. The molecule has 1 aromatic rings. The molecule has 0 aliphatic carbocycles. The molecule has 0 saturated carbocycles. The van der Waals surface area contributed by atoms with E-state index in [2.05, 4.69) is 18.8 Å². The zero-order valence-electron chi connectivity index (χ0n) is 10.2. The van der Waals surface area contributed by atoms with Crippen LogP contribution in [0.5, 0.6) is 5.88 Å². The van der Waals surface area contributed by atoms with Crippen molar-refractivity contribution in [2.24, 2.45) is 5.92 Å². The predicted molar refractivity (Wildman–Crippen MR) is 64.8 cm³/mol. The molecule has 2 N–H and O–H groups in total. The van der Waals surface area contributed by atoms with Gasteiger partial charge in [0.1, 0.15) is 0 Å². The summed E-state index contributed by atoms with van der Waals surface area (Å²) in [5.41, 5.74) is 5.27. The van der Waals surface area contributed by atoms with Gasteiger partial charge < -0.3 is 10.5 Å². The van der Waals surface area contributed by atoms with E-state index in [0.29, 0.717) is 11.8 Å². The van der Waals surface area contributed by atoms with Crippen LogP contribution >= 0.6 is 0 Å². The average Bonchev–Trinajstić information content (AvgIpc) is 2.15. The number of aromatic nitrogens is 1. The first-order chi connectivity index (χ1) is 7.90. The number of rotatable bonds is 5. The van der Waals surface area contributed by atoms with Gasteiger partial charge in [-0.2, -0.15) is 4.98 Å². The quantitative estimate of drug-likeness (QED) is 0.629. The number of pyridine rings is 1. The largest absolute Gasteiger partial charge is 0.475 e. The molecular weight excluding hydrogens is 222 g/mol. The second kappa shape index (κ2) is 5.47. The van der Waals surface area contributed by atoms with Gasteiger partial charge in [0.05, 0.1) is 11.0 Å². The van der Waals surface area contributed by atoms with E-state index in [1.165, 1.54) is 12.1 Å². The Bertz CT molecular complexity index is 407. The third kappa shape index (κ3) is 3.90. The number of nitrogen functional groups attached to an aromatic ring is 1. The fraction of sp³-hybridized carbons (Fsp3) is 0.545. The van der Waals surface area contributed by atoms with Gasteiger partial charge >= 0.3 is 5.69 Å². The fourth-order valence-electron chi connectivity index (χ4n) is 1.59. The van der Waals surface area contributed by atoms with Gasteiger partial charge in [0.2, 0.25) is 11.7 Å². The van der Waals surface area contributed by atoms with Crippen molar-refractivity contribution in [3.63, 3.8) is 0 Å². The van der Waals surface area contributed by atoms with E-state index in [9.17, 15) is 10.1 Å². The van der Waals surface area contributed by atoms with Gasteiger partial charge in [-0.1, -0.05) is 13.8 Å². The number of nitrogens with zero attached hydrogens (tertiary/aromatic N) is 2. The summed E-state index contributed by atoms with van der Waals surface area (Å²) in [7, 11) is 0. The summed E-state index contributed by atoms with van der Waals surface area (Å²) in [5.74, 6) is 0.714. The molecule has 0 aromatic carbocycles. The van der Waals surface area contributed by atoms with Crippen LogP contribution in [0.3, 0.4) is 0 Å². The number of hydrogen-bond donors (Lipinski definition) is 1. The van der Waals surface area contributed by atoms with E-state index < -0.39 is 4.92 Å². The average molecular weight is 239 g/mol. The maximum Gasteiger partial charge on any atom is 0.311 e. The lowest BCUT2D eigenvalue weighted by Crippen LogP contribution is -2.15. The highest BCUT2D eigenvalue weighted by Crippen LogP contribution is 2.23. The molecule has 0 saturated heterocycles. The van der Waals surface area contributed by atoms with Crippen molar-refractivity contribution in [2.45, 2.75) is 33.3 Å². The lowest BCUT2D eigenvalue weighted by molar-refractivity contribution is -0.384. The molecule has 94 valence electrons. The maximum absolute atomic E-state index is 10.5. The Morgan fingerprint density at radius 3 is 2.59 bits per heavy atom. The lowest BCUT2D eigenvalue weighted by Gasteiger charge is -2.15. The van der Waals surface area contributed by atoms with Crippen molar-refractivity contribution in [1.29, 1.82) is 0 Å². The van der Waals surface area contributed by atoms with Gasteiger partial charge in [-0.25, -0.2) is 0 Å². The first kappa shape index (κ1) is 13.2. The Morgan fingerprint density at radius 1 is 1.47 bits per heavy atom. The van der Waals surface area contributed by atoms with E-state index in [1.807, 2.05) is 6.92 Å². The number of hydrogen-bond acceptors (Lipinski definition) is 5. The van der Waals surface area contributed by atoms with Crippen LogP contribution in [0.4, 0.5) is 11.5 Å². The Kier molecular flexibility index (Phi) is 4.25. The molecule has 1 aromatic heterocycles. The highest BCUT2D eigenvalue weighted by atomic mass is 16.6. The van der Waals surface area contributed by atoms with Crippen LogP contribution in [0.1, 0.15) is 27.2 Å². The summed E-state index contributed by atoms with van der Waals surface area (Å²) in [6, 6.07) is 2.77. The Labute approximate surface area is 99.9 Å². The first-order valence-corrected chi connectivity index (χ1v) is 5.47. The van der Waals surface area contributed by atoms with Crippen LogP contribution in [0.25, 0.3) is 0 Å². The highest BCUT2D eigenvalue weighted by Gasteiger charge is 2.14. The van der Waals surface area contributed by atoms with Crippen LogP contribution in [0.15, 0.2) is 12.1 Å². The van der Waals surface area contributed by atoms with Crippen molar-refractivity contribution < 1.29 is 9.66 Å². The van der Waals surface area contributed by atoms with Crippen molar-refractivity contribution in [3.8, 4) is 5.88 Å². The zero-order chi connectivity index (χ0) is 13.0. The molecule has 0 aliphatic rings. The highest BCUT2D eigenvalue weighted by molar-refractivity contribution is 5.53. The standard InChI is InChI=1S/C11H17N3O3/c1-7(2)6-8(3)17-10-5-4-9(14(15)16)11(12)13-10/h4-5,7-8H,6H2,1-3H3,(H2,12,13). The number of anilines is 1. The van der Waals surface area contributed by atoms with Gasteiger partial charge in [0.25, 0.3) is 0 Å². The molecule has 17 heavy (non-hydrogen) atoms. The van der Waals surface area contributed by atoms with Gasteiger partial charge in [0, 0.05) is 12.1 Å². The Morgan fingerprint density at radius 2 is 2.12 bits per heavy atom. The number of nitro groups is 1. The van der Waals surface area contributed by atoms with Gasteiger partial charge in [-0.15, -0.1) is 0 Å². The second-order valence-electron chi connectivity index (χ2n) is 4.37. The minimum absolute atomic E-state index is 0.00311. The molecule has 1 heterocycles. The molecular formula is C11H17N3O3. The zero-order valence-corrected chi connectivity index (χ0v) is 10.2. The smallest absolute Gasteiger partial charge is 0.311 e. The van der Waals surface area contributed by atoms with E-state index >= 15 is 0 Å². The fourth-order valence-corrected chi connectivity index (χ4v) is 1.59. The molecule has 1 atom stereocenters. The number of ether oxygens (including phenoxy) is 1. The molecule has 6 nitrogen and oxygen atoms in total. The van der Waals surface area contributed by atoms with E-state index in [1.54, 1.807) is 0 Å². The molecule has 1 rings (SSSR count). The van der Waals surface area contributed by atoms with E-state index in [4.69, 9.17) is 10.5 Å². The third-order valence-electron chi connectivity index (χ3n) is 2.20. The van der Waals surface area contributed by atoms with E-state index in [0.717, 1.165) is 6.42 Å². The number of nitrogens with two attached hydrogens (primary N) is 1. The first-order valence-electron chi connectivity index (χ1n) is 5.47. The molecule has 0 radical (unpaired) electrons. The van der Waals surface area contributed by atoms with Crippen LogP contribution < -0.4 is 10.5 Å². The van der Waals surface area contributed by atoms with E-state index in [-0.39, 0.29) is 17.6 Å². The molecule has 0 amide bonds. The summed E-state index contributed by atoms with van der Waals surface area (Å²) in [6.07, 6.45) is 0.891. The molecule has 0 bridgehead atoms. The molecule has 1 unspecified atom stereocenters. The topological polar surface area (TPSA) is 91.3 Å². The molecule has 0 spiro atoms. The SMILES string of the molecule is CC(C)CC(C)Oc1ccc([N+](=O)[O-])c(N)n1. The summed E-state index contributed by atoms with van der Waals surface area (Å²) in [5, 5.41) is 10.5. The molecule has 0 fully saturated rings. The lowest BCUT2D eigenvalue weighted by atomic mass is 10.1. The Hall–Kier alpha value is -1.85. The monoisotopic (exact) mass is 239 g/mol. The summed E-state index contributed by atoms with van der Waals surface area (Å²) in [4.78, 5) is 13.8. The normalized spacial score (nSPS) is 12.5. The van der Waals surface area contributed by atoms with Gasteiger partial charge in [0.15, 0.2) is 0 Å². The van der Waals surface area contributed by atoms with Crippen molar-refractivity contribution in [2.75, 3.05) is 5.73 Å². The van der Waals surface area contributed by atoms with Gasteiger partial charge in [-0.05, 0) is 19.3 Å². The predicted octanol–water partition coefficient (Wildman–Crippen LogP) is 2.39. The van der Waals surface area contributed by atoms with Crippen LogP contribution in [-0.2, 0) is 0 Å².